The number of benzene rings is 2. The van der Waals surface area contributed by atoms with Crippen LogP contribution < -0.4 is 15.8 Å². The molecule has 4 aromatic rings. The summed E-state index contributed by atoms with van der Waals surface area (Å²) in [7, 11) is 1.53. The van der Waals surface area contributed by atoms with Crippen LogP contribution in [0.2, 0.25) is 5.02 Å². The number of aromatic nitrogens is 1. The highest BCUT2D eigenvalue weighted by molar-refractivity contribution is 7.14. The molecule has 6 nitrogen and oxygen atoms in total. The van der Waals surface area contributed by atoms with Gasteiger partial charge in [-0.25, -0.2) is 9.78 Å². The van der Waals surface area contributed by atoms with Gasteiger partial charge in [-0.05, 0) is 18.2 Å². The molecule has 0 spiro atoms. The normalized spacial score (nSPS) is 11.2. The smallest absolute Gasteiger partial charge is 0.345 e. The third-order valence-electron chi connectivity index (χ3n) is 3.99. The van der Waals surface area contributed by atoms with Crippen LogP contribution >= 0.6 is 22.9 Å². The fraction of sp³-hybridized carbons (Fsp3) is 0.0500. The van der Waals surface area contributed by atoms with Gasteiger partial charge in [-0.3, -0.25) is 5.43 Å². The number of hydrogen-bond acceptors (Lipinski definition) is 7. The molecular weight excluding hydrogens is 398 g/mol. The lowest BCUT2D eigenvalue weighted by molar-refractivity contribution is 0.407. The maximum atomic E-state index is 12.4. The topological polar surface area (TPSA) is 76.7 Å². The van der Waals surface area contributed by atoms with E-state index in [-0.39, 0.29) is 0 Å². The summed E-state index contributed by atoms with van der Waals surface area (Å²) in [5.41, 5.74) is 4.46. The number of rotatable bonds is 5. The highest BCUT2D eigenvalue weighted by Crippen LogP contribution is 2.29. The summed E-state index contributed by atoms with van der Waals surface area (Å²) in [6.07, 6.45) is 1.61. The summed E-state index contributed by atoms with van der Waals surface area (Å²) in [5, 5.41) is 7.83. The Morgan fingerprint density at radius 3 is 2.93 bits per heavy atom. The van der Waals surface area contributed by atoms with Crippen molar-refractivity contribution in [1.29, 1.82) is 0 Å². The predicted molar refractivity (Wildman–Crippen MR) is 113 cm³/mol. The van der Waals surface area contributed by atoms with Gasteiger partial charge in [0.1, 0.15) is 0 Å². The maximum absolute atomic E-state index is 12.4. The first kappa shape index (κ1) is 18.2. The van der Waals surface area contributed by atoms with Crippen molar-refractivity contribution in [1.82, 2.24) is 4.98 Å². The monoisotopic (exact) mass is 411 g/mol. The number of ether oxygens (including phenoxy) is 1. The molecule has 1 N–H and O–H groups in total. The van der Waals surface area contributed by atoms with E-state index in [0.717, 1.165) is 10.9 Å². The average molecular weight is 412 g/mol. The molecule has 8 heteroatoms. The van der Waals surface area contributed by atoms with E-state index in [1.807, 2.05) is 30.3 Å². The second-order valence-corrected chi connectivity index (χ2v) is 7.02. The summed E-state index contributed by atoms with van der Waals surface area (Å²) in [4.78, 5) is 16.8. The molecule has 28 heavy (non-hydrogen) atoms. The number of fused-ring (bicyclic) bond motifs is 1. The molecule has 4 rings (SSSR count). The number of thiazole rings is 1. The summed E-state index contributed by atoms with van der Waals surface area (Å²) in [5.74, 6) is 0.510. The number of hydrogen-bond donors (Lipinski definition) is 1. The van der Waals surface area contributed by atoms with Crippen molar-refractivity contribution in [3.05, 3.63) is 74.9 Å². The number of nitrogens with one attached hydrogen (secondary N) is 1. The Morgan fingerprint density at radius 2 is 2.11 bits per heavy atom. The van der Waals surface area contributed by atoms with Gasteiger partial charge in [0, 0.05) is 21.4 Å². The van der Waals surface area contributed by atoms with E-state index in [1.165, 1.54) is 18.4 Å². The zero-order valence-corrected chi connectivity index (χ0v) is 16.3. The lowest BCUT2D eigenvalue weighted by Crippen LogP contribution is -2.03. The van der Waals surface area contributed by atoms with Gasteiger partial charge < -0.3 is 9.15 Å². The summed E-state index contributed by atoms with van der Waals surface area (Å²) in [6, 6.07) is 14.6. The van der Waals surface area contributed by atoms with Gasteiger partial charge in [0.25, 0.3) is 0 Å². The lowest BCUT2D eigenvalue weighted by Gasteiger charge is -2.04. The Labute approximate surface area is 169 Å². The molecule has 2 aromatic heterocycles. The predicted octanol–water partition coefficient (Wildman–Crippen LogP) is 5.02. The van der Waals surface area contributed by atoms with E-state index in [9.17, 15) is 4.79 Å². The summed E-state index contributed by atoms with van der Waals surface area (Å²) in [6.45, 7) is 0. The van der Waals surface area contributed by atoms with Crippen molar-refractivity contribution in [2.24, 2.45) is 5.10 Å². The van der Waals surface area contributed by atoms with Gasteiger partial charge in [-0.1, -0.05) is 41.9 Å². The second-order valence-electron chi connectivity index (χ2n) is 5.76. The summed E-state index contributed by atoms with van der Waals surface area (Å²) < 4.78 is 10.7. The van der Waals surface area contributed by atoms with Crippen molar-refractivity contribution in [3.8, 4) is 17.0 Å². The molecule has 0 unspecified atom stereocenters. The van der Waals surface area contributed by atoms with Crippen LogP contribution in [0.25, 0.3) is 22.2 Å². The first-order valence-electron chi connectivity index (χ1n) is 8.26. The van der Waals surface area contributed by atoms with Gasteiger partial charge in [0.05, 0.1) is 24.6 Å². The van der Waals surface area contributed by atoms with Gasteiger partial charge in [-0.15, -0.1) is 11.3 Å². The largest absolute Gasteiger partial charge is 0.493 e. The minimum atomic E-state index is -0.478. The third kappa shape index (κ3) is 3.62. The van der Waals surface area contributed by atoms with Crippen LogP contribution in [0.4, 0.5) is 5.13 Å². The molecule has 0 bridgehead atoms. The number of hydrazone groups is 1. The molecule has 0 aliphatic rings. The first-order chi connectivity index (χ1) is 13.7. The zero-order chi connectivity index (χ0) is 19.5. The van der Waals surface area contributed by atoms with Crippen LogP contribution in [-0.4, -0.2) is 18.3 Å². The Bertz CT molecular complexity index is 1230. The Kier molecular flexibility index (Phi) is 5.10. The minimum absolute atomic E-state index is 0.375. The standard InChI is InChI=1S/C20H14ClN3O3S/c1-26-17-8-4-6-12-9-14(19(25)27-18(12)17)16-11-28-20(23-16)24-22-10-13-5-2-3-7-15(13)21/h2-11H,1H3,(H,23,24). The van der Waals surface area contributed by atoms with Crippen LogP contribution in [0.5, 0.6) is 5.75 Å². The van der Waals surface area contributed by atoms with Crippen LogP contribution in [0.1, 0.15) is 5.56 Å². The highest BCUT2D eigenvalue weighted by atomic mass is 35.5. The second kappa shape index (κ2) is 7.84. The SMILES string of the molecule is COc1cccc2cc(-c3csc(NN=Cc4ccccc4Cl)n3)c(=O)oc12. The molecule has 140 valence electrons. The van der Waals surface area contributed by atoms with Crippen LogP contribution in [0, 0.1) is 0 Å². The van der Waals surface area contributed by atoms with Crippen LogP contribution in [0.15, 0.2) is 68.2 Å². The molecule has 0 saturated carbocycles. The number of methoxy groups -OCH3 is 1. The molecule has 0 atom stereocenters. The fourth-order valence-electron chi connectivity index (χ4n) is 2.64. The Hall–Kier alpha value is -3.16. The van der Waals surface area contributed by atoms with Gasteiger partial charge in [-0.2, -0.15) is 5.10 Å². The Morgan fingerprint density at radius 1 is 1.25 bits per heavy atom. The van der Waals surface area contributed by atoms with Crippen LogP contribution in [-0.2, 0) is 0 Å². The molecule has 0 saturated heterocycles. The van der Waals surface area contributed by atoms with Crippen LogP contribution in [0.3, 0.4) is 0 Å². The van der Waals surface area contributed by atoms with Crippen molar-refractivity contribution in [2.45, 2.75) is 0 Å². The van der Waals surface area contributed by atoms with Gasteiger partial charge in [0.2, 0.25) is 5.13 Å². The van der Waals surface area contributed by atoms with E-state index in [2.05, 4.69) is 15.5 Å². The highest BCUT2D eigenvalue weighted by Gasteiger charge is 2.13. The van der Waals surface area contributed by atoms with E-state index in [4.69, 9.17) is 20.8 Å². The average Bonchev–Trinajstić information content (AvgIpc) is 3.17. The fourth-order valence-corrected chi connectivity index (χ4v) is 3.49. The molecule has 0 aliphatic heterocycles. The van der Waals surface area contributed by atoms with Crippen molar-refractivity contribution < 1.29 is 9.15 Å². The van der Waals surface area contributed by atoms with Gasteiger partial charge >= 0.3 is 5.63 Å². The van der Waals surface area contributed by atoms with Crippen molar-refractivity contribution in [2.75, 3.05) is 12.5 Å². The molecular formula is C20H14ClN3O3S. The minimum Gasteiger partial charge on any atom is -0.493 e. The lowest BCUT2D eigenvalue weighted by atomic mass is 10.1. The molecule has 0 fully saturated rings. The molecule has 0 aliphatic carbocycles. The van der Waals surface area contributed by atoms with E-state index >= 15 is 0 Å². The number of para-hydroxylation sites is 1. The molecule has 2 heterocycles. The van der Waals surface area contributed by atoms with E-state index < -0.39 is 5.63 Å². The first-order valence-corrected chi connectivity index (χ1v) is 9.52. The molecule has 0 amide bonds. The maximum Gasteiger partial charge on any atom is 0.345 e. The number of anilines is 1. The van der Waals surface area contributed by atoms with Gasteiger partial charge in [0.15, 0.2) is 11.3 Å². The van der Waals surface area contributed by atoms with E-state index in [0.29, 0.717) is 32.7 Å². The number of nitrogens with zero attached hydrogens (tertiary/aromatic N) is 2. The Balaban J connectivity index is 1.60. The summed E-state index contributed by atoms with van der Waals surface area (Å²) >= 11 is 7.42. The zero-order valence-electron chi connectivity index (χ0n) is 14.7. The molecule has 2 aromatic carbocycles. The van der Waals surface area contributed by atoms with Crippen molar-refractivity contribution in [3.63, 3.8) is 0 Å². The van der Waals surface area contributed by atoms with E-state index in [1.54, 1.807) is 29.8 Å². The quantitative estimate of drug-likeness (QED) is 0.283. The number of halogens is 1. The van der Waals surface area contributed by atoms with Crippen molar-refractivity contribution >= 4 is 45.3 Å². The molecule has 0 radical (unpaired) electrons. The third-order valence-corrected chi connectivity index (χ3v) is 5.08.